The van der Waals surface area contributed by atoms with Crippen LogP contribution < -0.4 is 15.4 Å². The predicted molar refractivity (Wildman–Crippen MR) is 163 cm³/mol. The molecule has 0 saturated carbocycles. The van der Waals surface area contributed by atoms with E-state index in [0.717, 1.165) is 11.4 Å². The fraction of sp³-hybridized carbons (Fsp3) is 0.258. The van der Waals surface area contributed by atoms with Crippen LogP contribution in [0.15, 0.2) is 77.5 Å². The number of nitrogens with zero attached hydrogens (tertiary/aromatic N) is 8. The first-order valence-corrected chi connectivity index (χ1v) is 14.4. The molecular weight excluding hydrogens is 581 g/mol. The SMILES string of the molecule is COCCOc1ccc(N2CCN(C(=O)C(c3ccccc3F)n3ncc4c3nc(N)n3nc(-c5ccco5)nc43)CC2)cc1. The topological polar surface area (TPSA) is 142 Å². The molecule has 1 atom stereocenters. The van der Waals surface area contributed by atoms with Gasteiger partial charge in [0.1, 0.15) is 18.2 Å². The van der Waals surface area contributed by atoms with Crippen LogP contribution in [0, 0.1) is 5.82 Å². The number of aromatic nitrogens is 6. The lowest BCUT2D eigenvalue weighted by Gasteiger charge is -2.37. The molecule has 6 aromatic rings. The van der Waals surface area contributed by atoms with E-state index in [9.17, 15) is 4.79 Å². The molecule has 14 heteroatoms. The number of carbonyl (C=O) groups excluding carboxylic acids is 1. The van der Waals surface area contributed by atoms with Crippen LogP contribution in [0.2, 0.25) is 0 Å². The van der Waals surface area contributed by atoms with Crippen LogP contribution in [0.1, 0.15) is 11.6 Å². The summed E-state index contributed by atoms with van der Waals surface area (Å²) >= 11 is 0. The molecule has 4 aromatic heterocycles. The Kier molecular flexibility index (Phi) is 7.47. The average molecular weight is 612 g/mol. The zero-order valence-electron chi connectivity index (χ0n) is 24.4. The van der Waals surface area contributed by atoms with Crippen LogP contribution >= 0.6 is 0 Å². The minimum atomic E-state index is -1.12. The van der Waals surface area contributed by atoms with E-state index in [1.54, 1.807) is 48.5 Å². The number of anilines is 2. The molecule has 2 N–H and O–H groups in total. The van der Waals surface area contributed by atoms with E-state index >= 15 is 4.39 Å². The molecule has 0 aliphatic carbocycles. The first-order valence-electron chi connectivity index (χ1n) is 14.4. The molecule has 2 aromatic carbocycles. The summed E-state index contributed by atoms with van der Waals surface area (Å²) in [5, 5.41) is 9.47. The van der Waals surface area contributed by atoms with Crippen molar-refractivity contribution in [3.05, 3.63) is 84.5 Å². The Morgan fingerprint density at radius 2 is 1.80 bits per heavy atom. The highest BCUT2D eigenvalue weighted by Crippen LogP contribution is 2.30. The summed E-state index contributed by atoms with van der Waals surface area (Å²) < 4.78 is 34.3. The molecule has 1 amide bonds. The standard InChI is InChI=1S/C31H30FN9O4/c1-43-17-18-44-21-10-8-20(9-11-21)38-12-14-39(15-13-38)30(42)26(22-5-2-3-6-24(22)32)40-29-23(19-34-40)28-35-27(25-7-4-16-45-25)37-41(28)31(33)36-29/h2-11,16,19,26H,12-15,17-18H2,1H3,(H2,33,36). The lowest BCUT2D eigenvalue weighted by Crippen LogP contribution is -2.51. The number of benzene rings is 2. The van der Waals surface area contributed by atoms with Gasteiger partial charge in [0.05, 0.1) is 24.5 Å². The molecule has 0 spiro atoms. The van der Waals surface area contributed by atoms with E-state index in [0.29, 0.717) is 62.0 Å². The maximum Gasteiger partial charge on any atom is 0.252 e. The monoisotopic (exact) mass is 611 g/mol. The Morgan fingerprint density at radius 1 is 1.00 bits per heavy atom. The van der Waals surface area contributed by atoms with Gasteiger partial charge in [0.25, 0.3) is 5.91 Å². The highest BCUT2D eigenvalue weighted by atomic mass is 19.1. The van der Waals surface area contributed by atoms with E-state index in [2.05, 4.69) is 25.1 Å². The van der Waals surface area contributed by atoms with Crippen molar-refractivity contribution in [2.24, 2.45) is 0 Å². The van der Waals surface area contributed by atoms with E-state index in [1.165, 1.54) is 21.5 Å². The van der Waals surface area contributed by atoms with Crippen molar-refractivity contribution >= 4 is 34.2 Å². The fourth-order valence-electron chi connectivity index (χ4n) is 5.55. The Balaban J connectivity index is 1.18. The third-order valence-electron chi connectivity index (χ3n) is 7.82. The number of hydrogen-bond donors (Lipinski definition) is 1. The second-order valence-electron chi connectivity index (χ2n) is 10.5. The Morgan fingerprint density at radius 3 is 2.53 bits per heavy atom. The molecule has 0 radical (unpaired) electrons. The van der Waals surface area contributed by atoms with Crippen molar-refractivity contribution in [2.75, 3.05) is 57.1 Å². The maximum absolute atomic E-state index is 15.3. The van der Waals surface area contributed by atoms with Gasteiger partial charge < -0.3 is 29.4 Å². The Labute approximate surface area is 256 Å². The molecule has 1 aliphatic rings. The molecule has 0 bridgehead atoms. The summed E-state index contributed by atoms with van der Waals surface area (Å²) in [6, 6.07) is 16.4. The van der Waals surface area contributed by atoms with E-state index in [4.69, 9.17) is 19.6 Å². The minimum absolute atomic E-state index is 0.0352. The van der Waals surface area contributed by atoms with Crippen molar-refractivity contribution in [2.45, 2.75) is 6.04 Å². The van der Waals surface area contributed by atoms with Gasteiger partial charge in [-0.15, -0.1) is 5.10 Å². The van der Waals surface area contributed by atoms with Crippen LogP contribution in [0.4, 0.5) is 16.0 Å². The van der Waals surface area contributed by atoms with Crippen molar-refractivity contribution in [3.63, 3.8) is 0 Å². The number of halogens is 1. The second-order valence-corrected chi connectivity index (χ2v) is 10.5. The molecule has 1 aliphatic heterocycles. The molecule has 13 nitrogen and oxygen atoms in total. The lowest BCUT2D eigenvalue weighted by molar-refractivity contribution is -0.134. The summed E-state index contributed by atoms with van der Waals surface area (Å²) in [5.41, 5.74) is 8.18. The van der Waals surface area contributed by atoms with Crippen molar-refractivity contribution in [1.82, 2.24) is 34.3 Å². The van der Waals surface area contributed by atoms with Gasteiger partial charge in [-0.3, -0.25) is 4.79 Å². The highest BCUT2D eigenvalue weighted by Gasteiger charge is 2.34. The summed E-state index contributed by atoms with van der Waals surface area (Å²) in [4.78, 5) is 27.3. The number of nitrogens with two attached hydrogens (primary N) is 1. The summed E-state index contributed by atoms with van der Waals surface area (Å²) in [6.45, 7) is 3.06. The van der Waals surface area contributed by atoms with Gasteiger partial charge in [-0.05, 0) is 42.5 Å². The first kappa shape index (κ1) is 28.3. The number of furan rings is 1. The summed E-state index contributed by atoms with van der Waals surface area (Å²) in [7, 11) is 1.63. The first-order chi connectivity index (χ1) is 22.0. The average Bonchev–Trinajstić information content (AvgIpc) is 3.84. The molecule has 1 fully saturated rings. The molecule has 7 rings (SSSR count). The zero-order valence-corrected chi connectivity index (χ0v) is 24.4. The highest BCUT2D eigenvalue weighted by molar-refractivity contribution is 5.92. The van der Waals surface area contributed by atoms with Crippen LogP contribution in [-0.2, 0) is 9.53 Å². The van der Waals surface area contributed by atoms with Crippen LogP contribution in [0.5, 0.6) is 5.75 Å². The van der Waals surface area contributed by atoms with Crippen molar-refractivity contribution in [1.29, 1.82) is 0 Å². The third-order valence-corrected chi connectivity index (χ3v) is 7.82. The molecule has 1 saturated heterocycles. The molecular formula is C31H30FN9O4. The number of nitrogen functional groups attached to an aromatic ring is 1. The number of piperazine rings is 1. The second kappa shape index (κ2) is 11.9. The van der Waals surface area contributed by atoms with E-state index in [1.807, 2.05) is 24.3 Å². The van der Waals surface area contributed by atoms with Crippen LogP contribution in [0.3, 0.4) is 0 Å². The number of methoxy groups -OCH3 is 1. The van der Waals surface area contributed by atoms with Crippen molar-refractivity contribution in [3.8, 4) is 17.3 Å². The van der Waals surface area contributed by atoms with E-state index < -0.39 is 11.9 Å². The number of ether oxygens (including phenoxy) is 2. The number of carbonyl (C=O) groups is 1. The largest absolute Gasteiger partial charge is 0.491 e. The minimum Gasteiger partial charge on any atom is -0.491 e. The quantitative estimate of drug-likeness (QED) is 0.242. The Bertz CT molecular complexity index is 1950. The maximum atomic E-state index is 15.3. The van der Waals surface area contributed by atoms with E-state index in [-0.39, 0.29) is 23.1 Å². The third kappa shape index (κ3) is 5.29. The molecule has 230 valence electrons. The zero-order chi connectivity index (χ0) is 30.9. The summed E-state index contributed by atoms with van der Waals surface area (Å²) in [5.74, 6) is 0.754. The van der Waals surface area contributed by atoms with Gasteiger partial charge >= 0.3 is 0 Å². The van der Waals surface area contributed by atoms with Gasteiger partial charge in [-0.1, -0.05) is 18.2 Å². The number of rotatable bonds is 9. The summed E-state index contributed by atoms with van der Waals surface area (Å²) in [6.07, 6.45) is 3.07. The number of fused-ring (bicyclic) bond motifs is 3. The van der Waals surface area contributed by atoms with Crippen LogP contribution in [0.25, 0.3) is 28.3 Å². The van der Waals surface area contributed by atoms with Gasteiger partial charge in [0, 0.05) is 44.5 Å². The number of hydrogen-bond acceptors (Lipinski definition) is 10. The number of amides is 1. The predicted octanol–water partition coefficient (Wildman–Crippen LogP) is 3.42. The Hall–Kier alpha value is -5.50. The lowest BCUT2D eigenvalue weighted by atomic mass is 10.0. The van der Waals surface area contributed by atoms with Gasteiger partial charge in [-0.25, -0.2) is 14.1 Å². The normalized spacial score (nSPS) is 14.4. The van der Waals surface area contributed by atoms with Gasteiger partial charge in [0.2, 0.25) is 11.8 Å². The van der Waals surface area contributed by atoms with Crippen LogP contribution in [-0.4, -0.2) is 86.7 Å². The molecule has 45 heavy (non-hydrogen) atoms. The van der Waals surface area contributed by atoms with Gasteiger partial charge in [-0.2, -0.15) is 14.6 Å². The smallest absolute Gasteiger partial charge is 0.252 e. The fourth-order valence-corrected chi connectivity index (χ4v) is 5.55. The molecule has 5 heterocycles. The molecule has 1 unspecified atom stereocenters. The van der Waals surface area contributed by atoms with Crippen molar-refractivity contribution < 1.29 is 23.1 Å². The van der Waals surface area contributed by atoms with Gasteiger partial charge in [0.15, 0.2) is 23.1 Å².